The number of aromatic amines is 2. The third-order valence-corrected chi connectivity index (χ3v) is 5.96. The number of fused-ring (bicyclic) bond motifs is 3. The second-order valence-corrected chi connectivity index (χ2v) is 7.38. The number of hydrogen-bond donors (Lipinski definition) is 3. The first-order valence-corrected chi connectivity index (χ1v) is 9.05. The highest BCUT2D eigenvalue weighted by molar-refractivity contribution is 5.97. The summed E-state index contributed by atoms with van der Waals surface area (Å²) in [4.78, 5) is 33.9. The summed E-state index contributed by atoms with van der Waals surface area (Å²) in [6.07, 6.45) is 3.17. The fourth-order valence-electron chi connectivity index (χ4n) is 4.45. The number of carbonyl (C=O) groups excluding carboxylic acids is 1. The number of anilines is 1. The Morgan fingerprint density at radius 3 is 2.74 bits per heavy atom. The van der Waals surface area contributed by atoms with Crippen molar-refractivity contribution in [1.82, 2.24) is 30.3 Å². The summed E-state index contributed by atoms with van der Waals surface area (Å²) in [5, 5.41) is 10.6. The van der Waals surface area contributed by atoms with Crippen LogP contribution in [0.3, 0.4) is 0 Å². The van der Waals surface area contributed by atoms with Gasteiger partial charge in [-0.1, -0.05) is 0 Å². The molecular weight excluding hydrogens is 346 g/mol. The van der Waals surface area contributed by atoms with Crippen molar-refractivity contribution in [2.75, 3.05) is 18.8 Å². The van der Waals surface area contributed by atoms with E-state index in [0.29, 0.717) is 30.6 Å². The molecule has 3 heterocycles. The van der Waals surface area contributed by atoms with Gasteiger partial charge in [0, 0.05) is 29.6 Å². The average molecular weight is 365 g/mol. The second-order valence-electron chi connectivity index (χ2n) is 7.38. The van der Waals surface area contributed by atoms with Crippen molar-refractivity contribution < 1.29 is 4.79 Å². The Bertz CT molecular complexity index is 1110. The topological polar surface area (TPSA) is 134 Å². The molecule has 1 fully saturated rings. The van der Waals surface area contributed by atoms with E-state index in [2.05, 4.69) is 25.4 Å². The zero-order valence-electron chi connectivity index (χ0n) is 14.7. The highest BCUT2D eigenvalue weighted by Gasteiger charge is 2.44. The van der Waals surface area contributed by atoms with E-state index in [0.717, 1.165) is 36.0 Å². The van der Waals surface area contributed by atoms with Crippen molar-refractivity contribution in [3.8, 4) is 0 Å². The first-order valence-electron chi connectivity index (χ1n) is 9.05. The van der Waals surface area contributed by atoms with Crippen molar-refractivity contribution in [2.45, 2.75) is 31.1 Å². The number of rotatable bonds is 1. The SMILES string of the molecule is Nc1nc2c(c(=O)[nH]1)CCC21CCN(C(=O)c2ccc3n[nH]nc3c2)CC1. The molecule has 5 rings (SSSR count). The molecule has 0 radical (unpaired) electrons. The molecule has 1 aromatic carbocycles. The zero-order chi connectivity index (χ0) is 18.6. The molecule has 2 aromatic heterocycles. The number of H-pyrrole nitrogens is 2. The van der Waals surface area contributed by atoms with E-state index in [9.17, 15) is 9.59 Å². The molecule has 0 unspecified atom stereocenters. The summed E-state index contributed by atoms with van der Waals surface area (Å²) in [7, 11) is 0. The minimum absolute atomic E-state index is 0.00801. The van der Waals surface area contributed by atoms with Gasteiger partial charge < -0.3 is 10.6 Å². The van der Waals surface area contributed by atoms with Gasteiger partial charge in [0.2, 0.25) is 5.95 Å². The summed E-state index contributed by atoms with van der Waals surface area (Å²) in [6, 6.07) is 5.34. The molecule has 2 aliphatic rings. The van der Waals surface area contributed by atoms with Gasteiger partial charge in [0.05, 0.1) is 5.69 Å². The van der Waals surface area contributed by atoms with Crippen molar-refractivity contribution in [1.29, 1.82) is 0 Å². The molecule has 1 spiro atoms. The maximum absolute atomic E-state index is 12.9. The lowest BCUT2D eigenvalue weighted by Gasteiger charge is -2.39. The number of nitrogen functional groups attached to an aromatic ring is 1. The number of benzene rings is 1. The number of hydrogen-bond acceptors (Lipinski definition) is 6. The monoisotopic (exact) mass is 365 g/mol. The molecule has 9 heteroatoms. The largest absolute Gasteiger partial charge is 0.369 e. The van der Waals surface area contributed by atoms with Crippen LogP contribution in [0.25, 0.3) is 11.0 Å². The minimum Gasteiger partial charge on any atom is -0.369 e. The second kappa shape index (κ2) is 5.63. The van der Waals surface area contributed by atoms with Gasteiger partial charge in [0.25, 0.3) is 11.5 Å². The summed E-state index contributed by atoms with van der Waals surface area (Å²) in [6.45, 7) is 1.26. The van der Waals surface area contributed by atoms with Crippen LogP contribution in [-0.4, -0.2) is 49.3 Å². The standard InChI is InChI=1S/C18H19N7O2/c19-17-20-14-11(15(26)21-17)3-4-18(14)5-7-25(8-6-18)16(27)10-1-2-12-13(9-10)23-24-22-12/h1-2,9H,3-8H2,(H,22,23,24)(H3,19,20,21,26). The van der Waals surface area contributed by atoms with Gasteiger partial charge in [-0.15, -0.1) is 0 Å². The molecule has 0 bridgehead atoms. The number of carbonyl (C=O) groups is 1. The van der Waals surface area contributed by atoms with Crippen molar-refractivity contribution in [2.24, 2.45) is 0 Å². The van der Waals surface area contributed by atoms with Crippen molar-refractivity contribution in [3.63, 3.8) is 0 Å². The van der Waals surface area contributed by atoms with E-state index in [1.165, 1.54) is 0 Å². The first kappa shape index (κ1) is 16.0. The molecule has 27 heavy (non-hydrogen) atoms. The lowest BCUT2D eigenvalue weighted by atomic mass is 9.76. The van der Waals surface area contributed by atoms with Gasteiger partial charge >= 0.3 is 0 Å². The van der Waals surface area contributed by atoms with Gasteiger partial charge in [-0.3, -0.25) is 14.6 Å². The molecule has 0 atom stereocenters. The minimum atomic E-state index is -0.148. The Balaban J connectivity index is 1.38. The zero-order valence-corrected chi connectivity index (χ0v) is 14.7. The van der Waals surface area contributed by atoms with E-state index >= 15 is 0 Å². The van der Waals surface area contributed by atoms with E-state index < -0.39 is 0 Å². The Kier molecular flexibility index (Phi) is 3.33. The predicted octanol–water partition coefficient (Wildman–Crippen LogP) is 0.744. The number of aromatic nitrogens is 5. The molecule has 138 valence electrons. The van der Waals surface area contributed by atoms with Crippen LogP contribution in [0.5, 0.6) is 0 Å². The van der Waals surface area contributed by atoms with E-state index in [1.54, 1.807) is 18.2 Å². The number of amides is 1. The number of nitrogens with one attached hydrogen (secondary N) is 2. The van der Waals surface area contributed by atoms with Gasteiger partial charge in [0.1, 0.15) is 11.0 Å². The summed E-state index contributed by atoms with van der Waals surface area (Å²) < 4.78 is 0. The number of likely N-dealkylation sites (tertiary alicyclic amines) is 1. The molecule has 4 N–H and O–H groups in total. The Morgan fingerprint density at radius 1 is 1.15 bits per heavy atom. The maximum Gasteiger partial charge on any atom is 0.255 e. The Hall–Kier alpha value is -3.23. The molecule has 3 aromatic rings. The summed E-state index contributed by atoms with van der Waals surface area (Å²) in [5.41, 5.74) is 9.09. The fraction of sp³-hybridized carbons (Fsp3) is 0.389. The molecule has 1 aliphatic carbocycles. The van der Waals surface area contributed by atoms with Gasteiger partial charge in [-0.25, -0.2) is 4.98 Å². The van der Waals surface area contributed by atoms with Crippen LogP contribution >= 0.6 is 0 Å². The molecule has 0 saturated carbocycles. The van der Waals surface area contributed by atoms with Gasteiger partial charge in [0.15, 0.2) is 0 Å². The maximum atomic E-state index is 12.9. The Labute approximate surface area is 154 Å². The molecule has 1 saturated heterocycles. The molecule has 1 amide bonds. The van der Waals surface area contributed by atoms with Crippen LogP contribution in [0, 0.1) is 0 Å². The summed E-state index contributed by atoms with van der Waals surface area (Å²) in [5.74, 6) is 0.158. The van der Waals surface area contributed by atoms with E-state index in [-0.39, 0.29) is 22.8 Å². The number of nitrogens with two attached hydrogens (primary N) is 1. The lowest BCUT2D eigenvalue weighted by Crippen LogP contribution is -2.44. The van der Waals surface area contributed by atoms with Crippen LogP contribution in [0.4, 0.5) is 5.95 Å². The van der Waals surface area contributed by atoms with E-state index in [1.807, 2.05) is 4.90 Å². The van der Waals surface area contributed by atoms with E-state index in [4.69, 9.17) is 5.73 Å². The Morgan fingerprint density at radius 2 is 1.93 bits per heavy atom. The van der Waals surface area contributed by atoms with Crippen molar-refractivity contribution >= 4 is 22.9 Å². The fourth-order valence-corrected chi connectivity index (χ4v) is 4.45. The third kappa shape index (κ3) is 2.42. The van der Waals surface area contributed by atoms with Crippen LogP contribution in [0.1, 0.15) is 40.9 Å². The van der Waals surface area contributed by atoms with Crippen LogP contribution < -0.4 is 11.3 Å². The van der Waals surface area contributed by atoms with Crippen molar-refractivity contribution in [3.05, 3.63) is 45.4 Å². The van der Waals surface area contributed by atoms with Crippen LogP contribution in [-0.2, 0) is 11.8 Å². The predicted molar refractivity (Wildman–Crippen MR) is 98.3 cm³/mol. The smallest absolute Gasteiger partial charge is 0.255 e. The normalized spacial score (nSPS) is 18.1. The molecule has 9 nitrogen and oxygen atoms in total. The first-order chi connectivity index (χ1) is 13.1. The highest BCUT2D eigenvalue weighted by atomic mass is 16.2. The lowest BCUT2D eigenvalue weighted by molar-refractivity contribution is 0.0663. The van der Waals surface area contributed by atoms with Gasteiger partial charge in [-0.2, -0.15) is 15.4 Å². The highest BCUT2D eigenvalue weighted by Crippen LogP contribution is 2.44. The average Bonchev–Trinajstić information content (AvgIpc) is 3.27. The molecular formula is C18H19N7O2. The van der Waals surface area contributed by atoms with Crippen LogP contribution in [0.2, 0.25) is 0 Å². The summed E-state index contributed by atoms with van der Waals surface area (Å²) >= 11 is 0. The third-order valence-electron chi connectivity index (χ3n) is 5.96. The van der Waals surface area contributed by atoms with Crippen LogP contribution in [0.15, 0.2) is 23.0 Å². The van der Waals surface area contributed by atoms with Gasteiger partial charge in [-0.05, 0) is 43.9 Å². The molecule has 1 aliphatic heterocycles. The number of piperidine rings is 1. The quantitative estimate of drug-likeness (QED) is 0.582. The number of nitrogens with zero attached hydrogens (tertiary/aromatic N) is 4.